The van der Waals surface area contributed by atoms with Crippen molar-refractivity contribution in [3.63, 3.8) is 0 Å². The molecule has 37 heavy (non-hydrogen) atoms. The molecule has 0 spiro atoms. The number of aromatic nitrogens is 1. The van der Waals surface area contributed by atoms with Gasteiger partial charge in [0.05, 0.1) is 13.3 Å². The van der Waals surface area contributed by atoms with Crippen molar-refractivity contribution in [2.24, 2.45) is 5.10 Å². The molecule has 8 heteroatoms. The van der Waals surface area contributed by atoms with Crippen molar-refractivity contribution < 1.29 is 23.8 Å². The van der Waals surface area contributed by atoms with E-state index in [0.717, 1.165) is 17.1 Å². The Morgan fingerprint density at radius 2 is 1.84 bits per heavy atom. The molecular formula is C29H29N3O5. The second kappa shape index (κ2) is 11.3. The summed E-state index contributed by atoms with van der Waals surface area (Å²) in [7, 11) is 1.47. The van der Waals surface area contributed by atoms with Gasteiger partial charge in [0, 0.05) is 22.6 Å². The van der Waals surface area contributed by atoms with Crippen molar-refractivity contribution in [1.82, 2.24) is 9.99 Å². The van der Waals surface area contributed by atoms with E-state index in [1.54, 1.807) is 30.3 Å². The number of phenolic OH excluding ortho intramolecular Hbond substituents is 1. The summed E-state index contributed by atoms with van der Waals surface area (Å²) in [6.45, 7) is 8.00. The Labute approximate surface area is 215 Å². The van der Waals surface area contributed by atoms with Crippen molar-refractivity contribution in [1.29, 1.82) is 0 Å². The number of hydrogen-bond acceptors (Lipinski definition) is 6. The van der Waals surface area contributed by atoms with Crippen LogP contribution in [0.15, 0.2) is 82.8 Å². The van der Waals surface area contributed by atoms with Gasteiger partial charge in [0.1, 0.15) is 18.1 Å². The largest absolute Gasteiger partial charge is 0.504 e. The Balaban J connectivity index is 1.33. The molecule has 0 saturated heterocycles. The Morgan fingerprint density at radius 1 is 1.11 bits per heavy atom. The van der Waals surface area contributed by atoms with Crippen LogP contribution in [-0.4, -0.2) is 28.9 Å². The number of furan rings is 1. The van der Waals surface area contributed by atoms with Crippen LogP contribution in [0.2, 0.25) is 0 Å². The number of amides is 1. The summed E-state index contributed by atoms with van der Waals surface area (Å²) < 4.78 is 18.8. The average Bonchev–Trinajstić information content (AvgIpc) is 3.51. The third kappa shape index (κ3) is 5.92. The predicted molar refractivity (Wildman–Crippen MR) is 142 cm³/mol. The third-order valence-corrected chi connectivity index (χ3v) is 5.77. The first-order valence-electron chi connectivity index (χ1n) is 11.7. The highest BCUT2D eigenvalue weighted by Crippen LogP contribution is 2.31. The number of hydrazone groups is 1. The molecule has 2 aromatic heterocycles. The van der Waals surface area contributed by atoms with Gasteiger partial charge < -0.3 is 23.6 Å². The van der Waals surface area contributed by atoms with Crippen molar-refractivity contribution in [3.8, 4) is 22.9 Å². The first kappa shape index (κ1) is 25.4. The standard InChI is InChI=1S/C29H29N3O5/c1-5-6-22-15-21(16-27(35-4)28(22)33)17-30-31-29(34)26-14-13-25(37-26)18-36-24-11-9-23(10-12-24)32-19(2)7-8-20(32)3/h5,7-17,33H,1,6,18H2,2-4H3,(H,31,34)/b30-17+. The van der Waals surface area contributed by atoms with Crippen LogP contribution in [-0.2, 0) is 13.0 Å². The zero-order valence-electron chi connectivity index (χ0n) is 21.0. The SMILES string of the molecule is C=CCc1cc(/C=N/NC(=O)c2ccc(COc3ccc(-n4c(C)ccc4C)cc3)o2)cc(OC)c1O. The van der Waals surface area contributed by atoms with Gasteiger partial charge in [-0.25, -0.2) is 5.43 Å². The highest BCUT2D eigenvalue weighted by atomic mass is 16.5. The number of aryl methyl sites for hydroxylation is 2. The first-order valence-corrected chi connectivity index (χ1v) is 11.7. The molecule has 2 aromatic carbocycles. The van der Waals surface area contributed by atoms with Crippen molar-refractivity contribution in [3.05, 3.63) is 107 Å². The monoisotopic (exact) mass is 499 g/mol. The van der Waals surface area contributed by atoms with Crippen molar-refractivity contribution >= 4 is 12.1 Å². The van der Waals surface area contributed by atoms with Crippen LogP contribution in [0.3, 0.4) is 0 Å². The molecule has 0 aliphatic heterocycles. The van der Waals surface area contributed by atoms with E-state index in [2.05, 4.69) is 47.7 Å². The molecular weight excluding hydrogens is 470 g/mol. The van der Waals surface area contributed by atoms with Crippen LogP contribution in [0.5, 0.6) is 17.2 Å². The number of allylic oxidation sites excluding steroid dienone is 1. The Morgan fingerprint density at radius 3 is 2.51 bits per heavy atom. The van der Waals surface area contributed by atoms with Gasteiger partial charge in [-0.05, 0) is 86.5 Å². The fourth-order valence-electron chi connectivity index (χ4n) is 3.95. The highest BCUT2D eigenvalue weighted by Gasteiger charge is 2.12. The van der Waals surface area contributed by atoms with E-state index in [0.29, 0.717) is 34.8 Å². The molecule has 2 heterocycles. The molecule has 0 aliphatic carbocycles. The van der Waals surface area contributed by atoms with Gasteiger partial charge in [-0.1, -0.05) is 6.08 Å². The van der Waals surface area contributed by atoms with Gasteiger partial charge in [-0.3, -0.25) is 4.79 Å². The Bertz CT molecular complexity index is 1410. The molecule has 0 bridgehead atoms. The quantitative estimate of drug-likeness (QED) is 0.171. The number of nitrogens with one attached hydrogen (secondary N) is 1. The van der Waals surface area contributed by atoms with Crippen LogP contribution in [0, 0.1) is 13.8 Å². The van der Waals surface area contributed by atoms with Crippen molar-refractivity contribution in [2.45, 2.75) is 26.9 Å². The van der Waals surface area contributed by atoms with Gasteiger partial charge in [-0.15, -0.1) is 6.58 Å². The number of hydrogen-bond donors (Lipinski definition) is 2. The Kier molecular flexibility index (Phi) is 7.78. The van der Waals surface area contributed by atoms with Crippen LogP contribution < -0.4 is 14.9 Å². The zero-order valence-corrected chi connectivity index (χ0v) is 21.0. The predicted octanol–water partition coefficient (Wildman–Crippen LogP) is 5.47. The van der Waals surface area contributed by atoms with Crippen LogP contribution >= 0.6 is 0 Å². The van der Waals surface area contributed by atoms with Gasteiger partial charge >= 0.3 is 5.91 Å². The van der Waals surface area contributed by atoms with E-state index < -0.39 is 5.91 Å². The number of carbonyl (C=O) groups excluding carboxylic acids is 1. The topological polar surface area (TPSA) is 98.2 Å². The molecule has 190 valence electrons. The lowest BCUT2D eigenvalue weighted by atomic mass is 10.1. The molecule has 0 aliphatic rings. The molecule has 4 rings (SSSR count). The number of nitrogens with zero attached hydrogens (tertiary/aromatic N) is 2. The maximum absolute atomic E-state index is 12.4. The smallest absolute Gasteiger partial charge is 0.307 e. The normalized spacial score (nSPS) is 11.0. The second-order valence-electron chi connectivity index (χ2n) is 8.42. The number of phenols is 1. The maximum atomic E-state index is 12.4. The number of rotatable bonds is 10. The lowest BCUT2D eigenvalue weighted by molar-refractivity contribution is 0.0923. The van der Waals surface area contributed by atoms with E-state index >= 15 is 0 Å². The summed E-state index contributed by atoms with van der Waals surface area (Å²) in [4.78, 5) is 12.4. The first-order chi connectivity index (χ1) is 17.9. The zero-order chi connectivity index (χ0) is 26.4. The summed E-state index contributed by atoms with van der Waals surface area (Å²) in [5.74, 6) is 1.18. The Hall–Kier alpha value is -4.72. The van der Waals surface area contributed by atoms with Crippen LogP contribution in [0.1, 0.15) is 38.8 Å². The molecule has 0 saturated carbocycles. The van der Waals surface area contributed by atoms with Crippen LogP contribution in [0.4, 0.5) is 0 Å². The number of ether oxygens (including phenoxy) is 2. The van der Waals surface area contributed by atoms with Crippen molar-refractivity contribution in [2.75, 3.05) is 7.11 Å². The van der Waals surface area contributed by atoms with Gasteiger partial charge in [0.15, 0.2) is 17.3 Å². The van der Waals surface area contributed by atoms with E-state index in [1.165, 1.54) is 13.3 Å². The summed E-state index contributed by atoms with van der Waals surface area (Å²) in [5, 5.41) is 14.2. The summed E-state index contributed by atoms with van der Waals surface area (Å²) in [5.41, 5.74) is 7.12. The fourth-order valence-corrected chi connectivity index (χ4v) is 3.95. The summed E-state index contributed by atoms with van der Waals surface area (Å²) in [6, 6.07) is 18.6. The lowest BCUT2D eigenvalue weighted by Gasteiger charge is -2.10. The van der Waals surface area contributed by atoms with E-state index in [4.69, 9.17) is 13.9 Å². The van der Waals surface area contributed by atoms with E-state index in [9.17, 15) is 9.90 Å². The summed E-state index contributed by atoms with van der Waals surface area (Å²) in [6.07, 6.45) is 3.60. The minimum absolute atomic E-state index is 0.0518. The number of aromatic hydroxyl groups is 1. The number of methoxy groups -OCH3 is 1. The fraction of sp³-hybridized carbons (Fsp3) is 0.172. The van der Waals surface area contributed by atoms with E-state index in [-0.39, 0.29) is 18.1 Å². The minimum Gasteiger partial charge on any atom is -0.504 e. The molecule has 0 fully saturated rings. The number of benzene rings is 2. The van der Waals surface area contributed by atoms with Gasteiger partial charge in [0.25, 0.3) is 0 Å². The molecule has 8 nitrogen and oxygen atoms in total. The molecule has 0 unspecified atom stereocenters. The van der Waals surface area contributed by atoms with E-state index in [1.807, 2.05) is 24.3 Å². The van der Waals surface area contributed by atoms with Crippen LogP contribution in [0.25, 0.3) is 5.69 Å². The number of carbonyl (C=O) groups is 1. The molecule has 0 atom stereocenters. The molecule has 1 amide bonds. The molecule has 4 aromatic rings. The van der Waals surface area contributed by atoms with Gasteiger partial charge in [-0.2, -0.15) is 5.10 Å². The minimum atomic E-state index is -0.499. The lowest BCUT2D eigenvalue weighted by Crippen LogP contribution is -2.16. The van der Waals surface area contributed by atoms with Gasteiger partial charge in [0.2, 0.25) is 0 Å². The summed E-state index contributed by atoms with van der Waals surface area (Å²) >= 11 is 0. The highest BCUT2D eigenvalue weighted by molar-refractivity contribution is 5.92. The molecule has 0 radical (unpaired) electrons. The maximum Gasteiger partial charge on any atom is 0.307 e. The third-order valence-electron chi connectivity index (χ3n) is 5.77. The second-order valence-corrected chi connectivity index (χ2v) is 8.42. The molecule has 2 N–H and O–H groups in total. The average molecular weight is 500 g/mol.